The zero-order valence-electron chi connectivity index (χ0n) is 11.1. The first-order valence-corrected chi connectivity index (χ1v) is 5.97. The first-order valence-electron chi connectivity index (χ1n) is 5.97. The number of carbonyl (C=O) groups is 1. The van der Waals surface area contributed by atoms with Crippen LogP contribution >= 0.6 is 0 Å². The molecule has 0 aliphatic rings. The highest BCUT2D eigenvalue weighted by Crippen LogP contribution is 2.09. The summed E-state index contributed by atoms with van der Waals surface area (Å²) in [7, 11) is 1.57. The van der Waals surface area contributed by atoms with Crippen molar-refractivity contribution in [2.45, 2.75) is 19.9 Å². The number of hydrogen-bond acceptors (Lipinski definition) is 5. The fraction of sp³-hybridized carbons (Fsp3) is 0.333. The zero-order chi connectivity index (χ0) is 13.8. The Morgan fingerprint density at radius 3 is 2.84 bits per heavy atom. The molecule has 2 N–H and O–H groups in total. The average molecular weight is 260 g/mol. The lowest BCUT2D eigenvalue weighted by Crippen LogP contribution is -2.18. The Labute approximate surface area is 111 Å². The summed E-state index contributed by atoms with van der Waals surface area (Å²) >= 11 is 0. The minimum Gasteiger partial charge on any atom is -0.368 e. The van der Waals surface area contributed by atoms with E-state index in [9.17, 15) is 4.79 Å². The molecule has 0 saturated carbocycles. The van der Waals surface area contributed by atoms with E-state index >= 15 is 0 Å². The summed E-state index contributed by atoms with van der Waals surface area (Å²) in [4.78, 5) is 19.7. The van der Waals surface area contributed by atoms with Gasteiger partial charge in [0.05, 0.1) is 0 Å². The fourth-order valence-electron chi connectivity index (χ4n) is 1.55. The molecular formula is C12H16N6O. The number of nitrogens with one attached hydrogen (secondary N) is 2. The number of hydrogen-bond donors (Lipinski definition) is 2. The van der Waals surface area contributed by atoms with Gasteiger partial charge in [-0.15, -0.1) is 0 Å². The van der Waals surface area contributed by atoms with Gasteiger partial charge in [0, 0.05) is 25.4 Å². The van der Waals surface area contributed by atoms with Crippen molar-refractivity contribution in [1.82, 2.24) is 25.1 Å². The minimum atomic E-state index is -0.228. The summed E-state index contributed by atoms with van der Waals surface area (Å²) in [5.41, 5.74) is 0.347. The number of amides is 1. The van der Waals surface area contributed by atoms with Gasteiger partial charge in [-0.3, -0.25) is 4.79 Å². The maximum Gasteiger partial charge on any atom is 0.271 e. The Balaban J connectivity index is 2.26. The van der Waals surface area contributed by atoms with Crippen LogP contribution in [-0.2, 0) is 0 Å². The Hall–Kier alpha value is -2.44. The van der Waals surface area contributed by atoms with E-state index in [2.05, 4.69) is 25.7 Å². The van der Waals surface area contributed by atoms with Crippen LogP contribution in [0.3, 0.4) is 0 Å². The molecule has 0 spiro atoms. The molecule has 7 nitrogen and oxygen atoms in total. The molecule has 2 heterocycles. The summed E-state index contributed by atoms with van der Waals surface area (Å²) in [6.45, 7) is 4.05. The minimum absolute atomic E-state index is 0.228. The maximum absolute atomic E-state index is 11.4. The number of anilines is 1. The van der Waals surface area contributed by atoms with Crippen LogP contribution in [0.2, 0.25) is 0 Å². The molecule has 0 fully saturated rings. The molecule has 7 heteroatoms. The van der Waals surface area contributed by atoms with Gasteiger partial charge in [0.1, 0.15) is 12.1 Å². The summed E-state index contributed by atoms with van der Waals surface area (Å²) in [6.07, 6.45) is 3.15. The second-order valence-corrected chi connectivity index (χ2v) is 4.29. The number of carbonyl (C=O) groups excluding carboxylic acids is 1. The SMILES string of the molecule is CNC(=O)c1ccn(-c2cc(NC(C)C)ncn2)n1. The third kappa shape index (κ3) is 3.06. The van der Waals surface area contributed by atoms with E-state index in [1.807, 2.05) is 13.8 Å². The molecule has 0 saturated heterocycles. The molecule has 0 unspecified atom stereocenters. The molecule has 100 valence electrons. The van der Waals surface area contributed by atoms with Crippen molar-refractivity contribution in [3.63, 3.8) is 0 Å². The van der Waals surface area contributed by atoms with Crippen molar-refractivity contribution in [3.8, 4) is 5.82 Å². The van der Waals surface area contributed by atoms with Crippen LogP contribution in [0.15, 0.2) is 24.7 Å². The van der Waals surface area contributed by atoms with Gasteiger partial charge in [0.15, 0.2) is 11.5 Å². The molecule has 0 aliphatic carbocycles. The topological polar surface area (TPSA) is 84.7 Å². The molecule has 1 amide bonds. The van der Waals surface area contributed by atoms with Gasteiger partial charge in [0.2, 0.25) is 0 Å². The van der Waals surface area contributed by atoms with Gasteiger partial charge in [-0.25, -0.2) is 14.6 Å². The Bertz CT molecular complexity index is 577. The highest BCUT2D eigenvalue weighted by atomic mass is 16.1. The van der Waals surface area contributed by atoms with E-state index in [-0.39, 0.29) is 11.9 Å². The third-order valence-corrected chi connectivity index (χ3v) is 2.37. The summed E-state index contributed by atoms with van der Waals surface area (Å²) in [5.74, 6) is 1.10. The lowest BCUT2D eigenvalue weighted by molar-refractivity contribution is 0.0957. The molecular weight excluding hydrogens is 244 g/mol. The smallest absolute Gasteiger partial charge is 0.271 e. The van der Waals surface area contributed by atoms with Gasteiger partial charge in [-0.1, -0.05) is 0 Å². The molecule has 0 bridgehead atoms. The maximum atomic E-state index is 11.4. The average Bonchev–Trinajstić information content (AvgIpc) is 2.87. The predicted molar refractivity (Wildman–Crippen MR) is 71.3 cm³/mol. The molecule has 0 aliphatic heterocycles. The van der Waals surface area contributed by atoms with Gasteiger partial charge in [0.25, 0.3) is 5.91 Å². The van der Waals surface area contributed by atoms with Crippen molar-refractivity contribution in [2.24, 2.45) is 0 Å². The van der Waals surface area contributed by atoms with Gasteiger partial charge >= 0.3 is 0 Å². The molecule has 2 rings (SSSR count). The van der Waals surface area contributed by atoms with E-state index in [4.69, 9.17) is 0 Å². The van der Waals surface area contributed by atoms with Gasteiger partial charge < -0.3 is 10.6 Å². The first-order chi connectivity index (χ1) is 9.10. The summed E-state index contributed by atoms with van der Waals surface area (Å²) in [5, 5.41) is 9.87. The predicted octanol–water partition coefficient (Wildman–Crippen LogP) is 0.842. The standard InChI is InChI=1S/C12H16N6O/c1-8(2)16-10-6-11(15-7-14-10)18-5-4-9(17-18)12(19)13-3/h4-8H,1-3H3,(H,13,19)(H,14,15,16). The van der Waals surface area contributed by atoms with Crippen LogP contribution < -0.4 is 10.6 Å². The second kappa shape index (κ2) is 5.47. The van der Waals surface area contributed by atoms with Crippen molar-refractivity contribution in [1.29, 1.82) is 0 Å². The lowest BCUT2D eigenvalue weighted by atomic mass is 10.4. The fourth-order valence-corrected chi connectivity index (χ4v) is 1.55. The van der Waals surface area contributed by atoms with E-state index in [0.29, 0.717) is 11.5 Å². The first kappa shape index (κ1) is 13.0. The van der Waals surface area contributed by atoms with Crippen molar-refractivity contribution < 1.29 is 4.79 Å². The zero-order valence-corrected chi connectivity index (χ0v) is 11.1. The molecule has 19 heavy (non-hydrogen) atoms. The summed E-state index contributed by atoms with van der Waals surface area (Å²) < 4.78 is 1.54. The normalized spacial score (nSPS) is 10.5. The van der Waals surface area contributed by atoms with E-state index in [1.54, 1.807) is 25.4 Å². The van der Waals surface area contributed by atoms with Crippen LogP contribution in [0, 0.1) is 0 Å². The summed E-state index contributed by atoms with van der Waals surface area (Å²) in [6, 6.07) is 3.69. The van der Waals surface area contributed by atoms with E-state index in [1.165, 1.54) is 11.0 Å². The highest BCUT2D eigenvalue weighted by molar-refractivity contribution is 5.91. The van der Waals surface area contributed by atoms with Crippen LogP contribution in [0.25, 0.3) is 5.82 Å². The Morgan fingerprint density at radius 2 is 2.16 bits per heavy atom. The van der Waals surface area contributed by atoms with Crippen LogP contribution in [0.1, 0.15) is 24.3 Å². The number of aromatic nitrogens is 4. The van der Waals surface area contributed by atoms with Gasteiger partial charge in [-0.05, 0) is 19.9 Å². The molecule has 2 aromatic rings. The third-order valence-electron chi connectivity index (χ3n) is 2.37. The molecule has 2 aromatic heterocycles. The van der Waals surface area contributed by atoms with E-state index in [0.717, 1.165) is 5.82 Å². The van der Waals surface area contributed by atoms with Crippen molar-refractivity contribution >= 4 is 11.7 Å². The number of nitrogens with zero attached hydrogens (tertiary/aromatic N) is 4. The Kier molecular flexibility index (Phi) is 3.74. The Morgan fingerprint density at radius 1 is 1.37 bits per heavy atom. The monoisotopic (exact) mass is 260 g/mol. The lowest BCUT2D eigenvalue weighted by Gasteiger charge is -2.09. The van der Waals surface area contributed by atoms with Crippen LogP contribution in [0.4, 0.5) is 5.82 Å². The molecule has 0 aromatic carbocycles. The van der Waals surface area contributed by atoms with Crippen molar-refractivity contribution in [2.75, 3.05) is 12.4 Å². The van der Waals surface area contributed by atoms with Gasteiger partial charge in [-0.2, -0.15) is 5.10 Å². The van der Waals surface area contributed by atoms with E-state index < -0.39 is 0 Å². The van der Waals surface area contributed by atoms with Crippen molar-refractivity contribution in [3.05, 3.63) is 30.4 Å². The quantitative estimate of drug-likeness (QED) is 0.851. The molecule has 0 atom stereocenters. The highest BCUT2D eigenvalue weighted by Gasteiger charge is 2.09. The van der Waals surface area contributed by atoms with Crippen LogP contribution in [-0.4, -0.2) is 38.7 Å². The molecule has 0 radical (unpaired) electrons. The largest absolute Gasteiger partial charge is 0.368 e. The second-order valence-electron chi connectivity index (χ2n) is 4.29. The number of rotatable bonds is 4. The van der Waals surface area contributed by atoms with Crippen LogP contribution in [0.5, 0.6) is 0 Å².